The van der Waals surface area contributed by atoms with E-state index in [1.807, 2.05) is 12.4 Å². The Morgan fingerprint density at radius 2 is 1.87 bits per heavy atom. The van der Waals surface area contributed by atoms with Gasteiger partial charge in [0.15, 0.2) is 11.5 Å². The van der Waals surface area contributed by atoms with Crippen LogP contribution in [0.5, 0.6) is 11.5 Å². The first-order valence-electron chi connectivity index (χ1n) is 10.6. The summed E-state index contributed by atoms with van der Waals surface area (Å²) in [4.78, 5) is 27.7. The van der Waals surface area contributed by atoms with Crippen molar-refractivity contribution in [1.29, 1.82) is 0 Å². The third kappa shape index (κ3) is 3.20. The van der Waals surface area contributed by atoms with E-state index in [-0.39, 0.29) is 17.8 Å². The highest BCUT2D eigenvalue weighted by atomic mass is 16.5. The van der Waals surface area contributed by atoms with E-state index >= 15 is 0 Å². The van der Waals surface area contributed by atoms with Crippen molar-refractivity contribution >= 4 is 17.1 Å². The van der Waals surface area contributed by atoms with Crippen LogP contribution in [0, 0.1) is 5.92 Å². The molecule has 30 heavy (non-hydrogen) atoms. The van der Waals surface area contributed by atoms with Gasteiger partial charge in [0.2, 0.25) is 0 Å². The third-order valence-corrected chi connectivity index (χ3v) is 6.45. The van der Waals surface area contributed by atoms with Crippen LogP contribution in [0.1, 0.15) is 44.0 Å². The van der Waals surface area contributed by atoms with Crippen LogP contribution < -0.4 is 20.3 Å². The van der Waals surface area contributed by atoms with Gasteiger partial charge in [-0.3, -0.25) is 9.79 Å². The summed E-state index contributed by atoms with van der Waals surface area (Å²) in [5, 5.41) is 3.87. The van der Waals surface area contributed by atoms with Gasteiger partial charge in [0.25, 0.3) is 5.56 Å². The van der Waals surface area contributed by atoms with Gasteiger partial charge in [0.05, 0.1) is 30.8 Å². The van der Waals surface area contributed by atoms with Gasteiger partial charge >= 0.3 is 0 Å². The molecule has 0 spiro atoms. The fraction of sp³-hybridized carbons (Fsp3) is 0.500. The monoisotopic (exact) mass is 409 g/mol. The molecular formula is C22H27N5O3. The molecule has 0 amide bonds. The van der Waals surface area contributed by atoms with Gasteiger partial charge < -0.3 is 24.7 Å². The minimum absolute atomic E-state index is 0.119. The third-order valence-electron chi connectivity index (χ3n) is 6.45. The number of nitrogens with one attached hydrogen (secondary N) is 2. The standard InChI is InChI=1S/C22H27N5O3/c1-29-18-8-15-16(9-19(18)30-2)25-20(26-22(15)28)17-12-27-14(10-23-17)11-24-21(27)13-6-4-3-5-7-13/h8-11,13,17,21,23H,3-7,12H2,1-2H3,(H,25,26,28). The molecule has 5 rings (SSSR count). The van der Waals surface area contributed by atoms with E-state index in [0.717, 1.165) is 12.2 Å². The Labute approximate surface area is 175 Å². The van der Waals surface area contributed by atoms with Gasteiger partial charge in [-0.15, -0.1) is 0 Å². The number of aromatic amines is 1. The van der Waals surface area contributed by atoms with E-state index in [4.69, 9.17) is 19.5 Å². The molecule has 1 aromatic carbocycles. The molecule has 8 heteroatoms. The lowest BCUT2D eigenvalue weighted by molar-refractivity contribution is 0.155. The van der Waals surface area contributed by atoms with Gasteiger partial charge in [-0.1, -0.05) is 19.3 Å². The maximum Gasteiger partial charge on any atom is 0.258 e. The number of benzene rings is 1. The zero-order valence-corrected chi connectivity index (χ0v) is 17.4. The maximum atomic E-state index is 12.8. The Morgan fingerprint density at radius 3 is 2.63 bits per heavy atom. The molecule has 2 aliphatic heterocycles. The van der Waals surface area contributed by atoms with Crippen molar-refractivity contribution in [2.45, 2.75) is 44.3 Å². The predicted molar refractivity (Wildman–Crippen MR) is 115 cm³/mol. The lowest BCUT2D eigenvalue weighted by Crippen LogP contribution is -2.44. The molecule has 1 aromatic heterocycles. The summed E-state index contributed by atoms with van der Waals surface area (Å²) in [6.45, 7) is 0.717. The minimum Gasteiger partial charge on any atom is -0.493 e. The van der Waals surface area contributed by atoms with Crippen LogP contribution in [-0.2, 0) is 0 Å². The molecule has 158 valence electrons. The van der Waals surface area contributed by atoms with Gasteiger partial charge in [0.1, 0.15) is 18.0 Å². The van der Waals surface area contributed by atoms with E-state index in [0.29, 0.717) is 34.1 Å². The maximum absolute atomic E-state index is 12.8. The molecular weight excluding hydrogens is 382 g/mol. The quantitative estimate of drug-likeness (QED) is 0.807. The zero-order chi connectivity index (χ0) is 20.7. The molecule has 0 bridgehead atoms. The SMILES string of the molecule is COc1cc2nc(C3CN4C(=CN3)C=NC4C3CCCCC3)[nH]c(=O)c2cc1OC. The zero-order valence-electron chi connectivity index (χ0n) is 17.4. The molecule has 8 nitrogen and oxygen atoms in total. The van der Waals surface area contributed by atoms with Crippen molar-refractivity contribution in [3.05, 3.63) is 40.2 Å². The minimum atomic E-state index is -0.186. The van der Waals surface area contributed by atoms with Gasteiger partial charge in [0, 0.05) is 25.0 Å². The number of hydrogen-bond acceptors (Lipinski definition) is 7. The molecule has 3 aliphatic rings. The molecule has 2 unspecified atom stereocenters. The van der Waals surface area contributed by atoms with E-state index in [1.54, 1.807) is 26.4 Å². The summed E-state index contributed by atoms with van der Waals surface area (Å²) in [5.41, 5.74) is 1.51. The average molecular weight is 409 g/mol. The molecule has 1 fully saturated rings. The Kier molecular flexibility index (Phi) is 4.84. The Bertz CT molecular complexity index is 1070. The van der Waals surface area contributed by atoms with Crippen molar-refractivity contribution in [3.8, 4) is 11.5 Å². The molecule has 0 radical (unpaired) electrons. The molecule has 0 saturated heterocycles. The number of H-pyrrole nitrogens is 1. The largest absolute Gasteiger partial charge is 0.493 e. The van der Waals surface area contributed by atoms with Crippen molar-refractivity contribution in [2.24, 2.45) is 10.9 Å². The fourth-order valence-corrected chi connectivity index (χ4v) is 4.85. The number of allylic oxidation sites excluding steroid dienone is 1. The van der Waals surface area contributed by atoms with E-state index in [2.05, 4.69) is 15.2 Å². The second-order valence-electron chi connectivity index (χ2n) is 8.21. The Hall–Kier alpha value is -3.03. The van der Waals surface area contributed by atoms with Crippen LogP contribution in [0.4, 0.5) is 0 Å². The number of aromatic nitrogens is 2. The number of fused-ring (bicyclic) bond motifs is 2. The van der Waals surface area contributed by atoms with Crippen LogP contribution in [0.2, 0.25) is 0 Å². The highest BCUT2D eigenvalue weighted by molar-refractivity contribution is 5.82. The number of aliphatic imine (C=N–C) groups is 1. The lowest BCUT2D eigenvalue weighted by Gasteiger charge is -2.38. The summed E-state index contributed by atoms with van der Waals surface area (Å²) in [6, 6.07) is 3.30. The molecule has 2 aromatic rings. The summed E-state index contributed by atoms with van der Waals surface area (Å²) in [5.74, 6) is 2.28. The van der Waals surface area contributed by atoms with Crippen molar-refractivity contribution in [1.82, 2.24) is 20.2 Å². The van der Waals surface area contributed by atoms with Crippen molar-refractivity contribution in [3.63, 3.8) is 0 Å². The molecule has 1 aliphatic carbocycles. The Morgan fingerprint density at radius 1 is 1.10 bits per heavy atom. The molecule has 1 saturated carbocycles. The van der Waals surface area contributed by atoms with E-state index < -0.39 is 0 Å². The first kappa shape index (κ1) is 19.0. The van der Waals surface area contributed by atoms with Gasteiger partial charge in [-0.05, 0) is 24.8 Å². The summed E-state index contributed by atoms with van der Waals surface area (Å²) >= 11 is 0. The van der Waals surface area contributed by atoms with Crippen LogP contribution in [0.15, 0.2) is 33.8 Å². The highest BCUT2D eigenvalue weighted by Gasteiger charge is 2.36. The lowest BCUT2D eigenvalue weighted by atomic mass is 9.86. The predicted octanol–water partition coefficient (Wildman–Crippen LogP) is 2.72. The summed E-state index contributed by atoms with van der Waals surface area (Å²) in [6.07, 6.45) is 10.5. The number of hydrogen-bond donors (Lipinski definition) is 2. The Balaban J connectivity index is 1.45. The van der Waals surface area contributed by atoms with Crippen LogP contribution in [0.3, 0.4) is 0 Å². The van der Waals surface area contributed by atoms with Crippen molar-refractivity contribution < 1.29 is 9.47 Å². The second-order valence-corrected chi connectivity index (χ2v) is 8.21. The molecule has 2 atom stereocenters. The van der Waals surface area contributed by atoms with E-state index in [1.165, 1.54) is 32.1 Å². The van der Waals surface area contributed by atoms with Gasteiger partial charge in [-0.25, -0.2) is 4.98 Å². The smallest absolute Gasteiger partial charge is 0.258 e. The van der Waals surface area contributed by atoms with E-state index in [9.17, 15) is 4.79 Å². The first-order valence-corrected chi connectivity index (χ1v) is 10.6. The summed E-state index contributed by atoms with van der Waals surface area (Å²) < 4.78 is 10.7. The highest BCUT2D eigenvalue weighted by Crippen LogP contribution is 2.36. The van der Waals surface area contributed by atoms with Crippen LogP contribution in [0.25, 0.3) is 10.9 Å². The van der Waals surface area contributed by atoms with Crippen LogP contribution >= 0.6 is 0 Å². The normalized spacial score (nSPS) is 23.8. The van der Waals surface area contributed by atoms with Crippen molar-refractivity contribution in [2.75, 3.05) is 20.8 Å². The number of ether oxygens (including phenoxy) is 2. The van der Waals surface area contributed by atoms with Crippen LogP contribution in [-0.4, -0.2) is 48.0 Å². The molecule has 3 heterocycles. The fourth-order valence-electron chi connectivity index (χ4n) is 4.85. The average Bonchev–Trinajstić information content (AvgIpc) is 3.22. The first-order chi connectivity index (χ1) is 14.7. The molecule has 2 N–H and O–H groups in total. The number of rotatable bonds is 4. The number of methoxy groups -OCH3 is 2. The topological polar surface area (TPSA) is 91.8 Å². The van der Waals surface area contributed by atoms with Gasteiger partial charge in [-0.2, -0.15) is 0 Å². The second kappa shape index (κ2) is 7.66. The summed E-state index contributed by atoms with van der Waals surface area (Å²) in [7, 11) is 3.13. The number of nitrogens with zero attached hydrogens (tertiary/aromatic N) is 3.